The predicted molar refractivity (Wildman–Crippen MR) is 90.7 cm³/mol. The molecule has 0 aromatic heterocycles. The van der Waals surface area contributed by atoms with Crippen molar-refractivity contribution in [2.24, 2.45) is 0 Å². The molecular weight excluding hydrogens is 327 g/mol. The summed E-state index contributed by atoms with van der Waals surface area (Å²) in [5.41, 5.74) is 0.640. The van der Waals surface area contributed by atoms with Crippen molar-refractivity contribution in [2.45, 2.75) is 12.8 Å². The Labute approximate surface area is 144 Å². The molecule has 0 bridgehead atoms. The number of urea groups is 1. The molecule has 2 N–H and O–H groups in total. The first kappa shape index (κ1) is 16.9. The Morgan fingerprint density at radius 3 is 2.72 bits per heavy atom. The van der Waals surface area contributed by atoms with Gasteiger partial charge in [-0.2, -0.15) is 0 Å². The van der Waals surface area contributed by atoms with Gasteiger partial charge in [-0.05, 0) is 49.2 Å². The van der Waals surface area contributed by atoms with E-state index in [9.17, 15) is 9.18 Å². The fraction of sp³-hybridized carbons (Fsp3) is 0.278. The van der Waals surface area contributed by atoms with Crippen LogP contribution in [0.2, 0.25) is 0 Å². The number of unbranched alkanes of at least 4 members (excludes halogenated alkanes) is 1. The molecule has 25 heavy (non-hydrogen) atoms. The van der Waals surface area contributed by atoms with Crippen LogP contribution >= 0.6 is 0 Å². The topological polar surface area (TPSA) is 68.8 Å². The molecule has 0 atom stereocenters. The molecule has 6 nitrogen and oxygen atoms in total. The number of amides is 2. The summed E-state index contributed by atoms with van der Waals surface area (Å²) in [7, 11) is 0. The summed E-state index contributed by atoms with van der Waals surface area (Å²) >= 11 is 0. The van der Waals surface area contributed by atoms with E-state index in [2.05, 4.69) is 10.6 Å². The minimum atomic E-state index is -0.287. The van der Waals surface area contributed by atoms with E-state index >= 15 is 0 Å². The quantitative estimate of drug-likeness (QED) is 0.753. The summed E-state index contributed by atoms with van der Waals surface area (Å²) in [4.78, 5) is 11.8. The fourth-order valence-corrected chi connectivity index (χ4v) is 2.30. The minimum absolute atomic E-state index is 0.199. The SMILES string of the molecule is O=C(NCCCCOc1ccc(F)cc1)Nc1ccc2c(c1)OCO2. The average Bonchev–Trinajstić information content (AvgIpc) is 3.07. The van der Waals surface area contributed by atoms with E-state index in [4.69, 9.17) is 14.2 Å². The molecule has 1 aliphatic rings. The Morgan fingerprint density at radius 1 is 1.08 bits per heavy atom. The highest BCUT2D eigenvalue weighted by Crippen LogP contribution is 2.34. The van der Waals surface area contributed by atoms with Crippen molar-refractivity contribution >= 4 is 11.7 Å². The van der Waals surface area contributed by atoms with Crippen LogP contribution in [0.5, 0.6) is 17.2 Å². The molecule has 0 saturated carbocycles. The molecule has 2 aromatic carbocycles. The molecule has 1 aliphatic heterocycles. The summed E-state index contributed by atoms with van der Waals surface area (Å²) in [6.45, 7) is 1.24. The van der Waals surface area contributed by atoms with Crippen LogP contribution in [0.25, 0.3) is 0 Å². The number of hydrogen-bond donors (Lipinski definition) is 2. The summed E-state index contributed by atoms with van der Waals surface area (Å²) in [6.07, 6.45) is 1.55. The van der Waals surface area contributed by atoms with Crippen molar-refractivity contribution in [3.8, 4) is 17.2 Å². The molecule has 0 spiro atoms. The van der Waals surface area contributed by atoms with E-state index in [-0.39, 0.29) is 18.6 Å². The average molecular weight is 346 g/mol. The van der Waals surface area contributed by atoms with Crippen molar-refractivity contribution in [1.29, 1.82) is 0 Å². The first-order valence-corrected chi connectivity index (χ1v) is 8.03. The third-order valence-corrected chi connectivity index (χ3v) is 3.57. The van der Waals surface area contributed by atoms with Crippen molar-refractivity contribution in [2.75, 3.05) is 25.3 Å². The summed E-state index contributed by atoms with van der Waals surface area (Å²) in [6, 6.07) is 10.8. The highest BCUT2D eigenvalue weighted by Gasteiger charge is 2.13. The van der Waals surface area contributed by atoms with Gasteiger partial charge in [0.15, 0.2) is 11.5 Å². The van der Waals surface area contributed by atoms with Crippen LogP contribution in [0.3, 0.4) is 0 Å². The predicted octanol–water partition coefficient (Wildman–Crippen LogP) is 3.54. The number of carbonyl (C=O) groups excluding carboxylic acids is 1. The molecule has 2 aromatic rings. The molecule has 0 unspecified atom stereocenters. The van der Waals surface area contributed by atoms with Gasteiger partial charge in [0.2, 0.25) is 6.79 Å². The number of fused-ring (bicyclic) bond motifs is 1. The molecule has 0 fully saturated rings. The lowest BCUT2D eigenvalue weighted by Gasteiger charge is -2.09. The first-order chi connectivity index (χ1) is 12.2. The van der Waals surface area contributed by atoms with Gasteiger partial charge in [0, 0.05) is 18.3 Å². The lowest BCUT2D eigenvalue weighted by Crippen LogP contribution is -2.29. The number of rotatable bonds is 7. The normalized spacial score (nSPS) is 11.9. The van der Waals surface area contributed by atoms with Gasteiger partial charge < -0.3 is 24.8 Å². The Morgan fingerprint density at radius 2 is 1.88 bits per heavy atom. The highest BCUT2D eigenvalue weighted by molar-refractivity contribution is 5.89. The zero-order valence-corrected chi connectivity index (χ0v) is 13.6. The molecule has 132 valence electrons. The third kappa shape index (κ3) is 5.00. The number of hydrogen-bond acceptors (Lipinski definition) is 4. The van der Waals surface area contributed by atoms with E-state index in [1.165, 1.54) is 12.1 Å². The first-order valence-electron chi connectivity index (χ1n) is 8.03. The van der Waals surface area contributed by atoms with Gasteiger partial charge in [-0.1, -0.05) is 0 Å². The number of halogens is 1. The van der Waals surface area contributed by atoms with E-state index in [1.807, 2.05) is 0 Å². The van der Waals surface area contributed by atoms with Crippen LogP contribution in [0.1, 0.15) is 12.8 Å². The maximum atomic E-state index is 12.8. The third-order valence-electron chi connectivity index (χ3n) is 3.57. The molecule has 1 heterocycles. The van der Waals surface area contributed by atoms with Crippen molar-refractivity contribution in [3.63, 3.8) is 0 Å². The standard InChI is InChI=1S/C18H19FN2O4/c19-13-3-6-15(7-4-13)23-10-2-1-9-20-18(22)21-14-5-8-16-17(11-14)25-12-24-16/h3-8,11H,1-2,9-10,12H2,(H2,20,21,22). The molecule has 2 amide bonds. The largest absolute Gasteiger partial charge is 0.494 e. The van der Waals surface area contributed by atoms with Crippen LogP contribution in [-0.4, -0.2) is 26.0 Å². The molecule has 3 rings (SSSR count). The molecule has 0 saturated heterocycles. The number of carbonyl (C=O) groups is 1. The molecule has 0 aliphatic carbocycles. The number of nitrogens with one attached hydrogen (secondary N) is 2. The van der Waals surface area contributed by atoms with E-state index in [0.717, 1.165) is 12.8 Å². The van der Waals surface area contributed by atoms with Crippen LogP contribution < -0.4 is 24.8 Å². The van der Waals surface area contributed by atoms with Gasteiger partial charge in [-0.25, -0.2) is 9.18 Å². The maximum absolute atomic E-state index is 12.8. The van der Waals surface area contributed by atoms with E-state index in [1.54, 1.807) is 30.3 Å². The molecule has 0 radical (unpaired) electrons. The van der Waals surface area contributed by atoms with Crippen molar-refractivity contribution < 1.29 is 23.4 Å². The van der Waals surface area contributed by atoms with Gasteiger partial charge in [0.25, 0.3) is 0 Å². The van der Waals surface area contributed by atoms with Gasteiger partial charge in [0.05, 0.1) is 6.61 Å². The zero-order chi connectivity index (χ0) is 17.5. The highest BCUT2D eigenvalue weighted by atomic mass is 19.1. The van der Waals surface area contributed by atoms with Gasteiger partial charge in [-0.15, -0.1) is 0 Å². The van der Waals surface area contributed by atoms with Crippen LogP contribution in [0, 0.1) is 5.82 Å². The van der Waals surface area contributed by atoms with Gasteiger partial charge in [-0.3, -0.25) is 0 Å². The maximum Gasteiger partial charge on any atom is 0.319 e. The number of benzene rings is 2. The Balaban J connectivity index is 1.29. The second-order valence-corrected chi connectivity index (χ2v) is 5.46. The molecular formula is C18H19FN2O4. The van der Waals surface area contributed by atoms with Gasteiger partial charge in [0.1, 0.15) is 11.6 Å². The lowest BCUT2D eigenvalue weighted by molar-refractivity contribution is 0.174. The van der Waals surface area contributed by atoms with E-state index in [0.29, 0.717) is 36.1 Å². The Hall–Kier alpha value is -2.96. The van der Waals surface area contributed by atoms with Crippen molar-refractivity contribution in [1.82, 2.24) is 5.32 Å². The lowest BCUT2D eigenvalue weighted by atomic mass is 10.3. The Kier molecular flexibility index (Phi) is 5.56. The minimum Gasteiger partial charge on any atom is -0.494 e. The second kappa shape index (κ2) is 8.23. The Bertz CT molecular complexity index is 722. The van der Waals surface area contributed by atoms with Crippen LogP contribution in [0.4, 0.5) is 14.9 Å². The summed E-state index contributed by atoms with van der Waals surface area (Å²) in [5.74, 6) is 1.64. The monoisotopic (exact) mass is 346 g/mol. The summed E-state index contributed by atoms with van der Waals surface area (Å²) < 4.78 is 28.7. The summed E-state index contributed by atoms with van der Waals surface area (Å²) in [5, 5.41) is 5.52. The van der Waals surface area contributed by atoms with Gasteiger partial charge >= 0.3 is 6.03 Å². The number of ether oxygens (including phenoxy) is 3. The van der Waals surface area contributed by atoms with E-state index < -0.39 is 0 Å². The zero-order valence-electron chi connectivity index (χ0n) is 13.6. The molecule has 7 heteroatoms. The number of anilines is 1. The van der Waals surface area contributed by atoms with Crippen molar-refractivity contribution in [3.05, 3.63) is 48.3 Å². The smallest absolute Gasteiger partial charge is 0.319 e. The van der Waals surface area contributed by atoms with Crippen LogP contribution in [-0.2, 0) is 0 Å². The van der Waals surface area contributed by atoms with Crippen LogP contribution in [0.15, 0.2) is 42.5 Å². The second-order valence-electron chi connectivity index (χ2n) is 5.46. The fourth-order valence-electron chi connectivity index (χ4n) is 2.30.